The smallest absolute Gasteiger partial charge is 0.317 e. The Morgan fingerprint density at radius 2 is 1.90 bits per heavy atom. The topological polar surface area (TPSA) is 69.7 Å². The van der Waals surface area contributed by atoms with Crippen molar-refractivity contribution >= 4 is 17.8 Å². The minimum absolute atomic E-state index is 0.117. The molecule has 6 heteroatoms. The fourth-order valence-electron chi connectivity index (χ4n) is 2.69. The van der Waals surface area contributed by atoms with Crippen molar-refractivity contribution in [1.82, 2.24) is 15.1 Å². The highest BCUT2D eigenvalue weighted by atomic mass is 16.2. The molecule has 1 saturated heterocycles. The molecule has 4 amide bonds. The van der Waals surface area contributed by atoms with E-state index in [2.05, 4.69) is 26.1 Å². The van der Waals surface area contributed by atoms with Crippen LogP contribution < -0.4 is 5.32 Å². The summed E-state index contributed by atoms with van der Waals surface area (Å²) in [7, 11) is 0. The Labute approximate surface area is 125 Å². The van der Waals surface area contributed by atoms with Crippen LogP contribution in [0.1, 0.15) is 27.2 Å². The highest BCUT2D eigenvalue weighted by molar-refractivity contribution is 6.12. The van der Waals surface area contributed by atoms with Crippen molar-refractivity contribution in [2.45, 2.75) is 27.2 Å². The molecule has 0 radical (unpaired) electrons. The van der Waals surface area contributed by atoms with Gasteiger partial charge in [0.25, 0.3) is 11.8 Å². The fraction of sp³-hybridized carbons (Fsp3) is 0.667. The zero-order valence-corrected chi connectivity index (χ0v) is 12.9. The first kappa shape index (κ1) is 15.5. The summed E-state index contributed by atoms with van der Waals surface area (Å²) in [5, 5.41) is 2.78. The molecule has 1 fully saturated rings. The van der Waals surface area contributed by atoms with Crippen molar-refractivity contribution in [3.8, 4) is 0 Å². The lowest BCUT2D eigenvalue weighted by molar-refractivity contribution is -0.136. The summed E-state index contributed by atoms with van der Waals surface area (Å²) in [4.78, 5) is 37.7. The van der Waals surface area contributed by atoms with Crippen LogP contribution in [0.5, 0.6) is 0 Å². The number of rotatable bonds is 3. The van der Waals surface area contributed by atoms with E-state index < -0.39 is 0 Å². The van der Waals surface area contributed by atoms with E-state index in [1.807, 2.05) is 4.90 Å². The van der Waals surface area contributed by atoms with Gasteiger partial charge in [-0.1, -0.05) is 20.8 Å². The number of hydrogen-bond acceptors (Lipinski definition) is 3. The van der Waals surface area contributed by atoms with Crippen LogP contribution in [0.3, 0.4) is 0 Å². The van der Waals surface area contributed by atoms with Gasteiger partial charge in [-0.3, -0.25) is 14.5 Å². The Morgan fingerprint density at radius 1 is 1.29 bits per heavy atom. The Bertz CT molecular complexity index is 461. The molecule has 6 nitrogen and oxygen atoms in total. The molecule has 1 atom stereocenters. The minimum atomic E-state index is -0.316. The van der Waals surface area contributed by atoms with Gasteiger partial charge in [0.05, 0.1) is 0 Å². The van der Waals surface area contributed by atoms with E-state index in [1.165, 1.54) is 12.2 Å². The number of carbonyl (C=O) groups is 3. The minimum Gasteiger partial charge on any atom is -0.336 e. The Hall–Kier alpha value is -1.85. The molecule has 116 valence electrons. The van der Waals surface area contributed by atoms with Gasteiger partial charge in [0, 0.05) is 38.3 Å². The van der Waals surface area contributed by atoms with Crippen molar-refractivity contribution in [3.05, 3.63) is 12.2 Å². The predicted molar refractivity (Wildman–Crippen MR) is 78.4 cm³/mol. The van der Waals surface area contributed by atoms with Crippen LogP contribution in [0.2, 0.25) is 0 Å². The number of nitrogens with zero attached hydrogens (tertiary/aromatic N) is 2. The SMILES string of the molecule is CC(C)(C)C1CCN(C(=O)NCCN2C(=O)C=CC2=O)C1. The maximum absolute atomic E-state index is 12.1. The number of urea groups is 1. The van der Waals surface area contributed by atoms with E-state index in [-0.39, 0.29) is 36.3 Å². The number of hydrogen-bond donors (Lipinski definition) is 1. The second-order valence-electron chi connectivity index (χ2n) is 6.69. The molecule has 0 bridgehead atoms. The van der Waals surface area contributed by atoms with Crippen LogP contribution in [0.4, 0.5) is 4.79 Å². The van der Waals surface area contributed by atoms with Gasteiger partial charge in [0.15, 0.2) is 0 Å². The van der Waals surface area contributed by atoms with Crippen LogP contribution in [0, 0.1) is 11.3 Å². The standard InChI is InChI=1S/C15H23N3O3/c1-15(2,3)11-6-8-17(10-11)14(21)16-7-9-18-12(19)4-5-13(18)20/h4-5,11H,6-10H2,1-3H3,(H,16,21). The highest BCUT2D eigenvalue weighted by Crippen LogP contribution is 2.33. The second kappa shape index (κ2) is 5.87. The van der Waals surface area contributed by atoms with E-state index in [4.69, 9.17) is 0 Å². The van der Waals surface area contributed by atoms with Gasteiger partial charge in [-0.25, -0.2) is 4.79 Å². The molecule has 0 aliphatic carbocycles. The number of likely N-dealkylation sites (tertiary alicyclic amines) is 1. The zero-order chi connectivity index (χ0) is 15.6. The lowest BCUT2D eigenvalue weighted by atomic mass is 9.80. The molecule has 0 aromatic carbocycles. The molecular weight excluding hydrogens is 270 g/mol. The molecule has 2 heterocycles. The van der Waals surface area contributed by atoms with Crippen molar-refractivity contribution in [2.24, 2.45) is 11.3 Å². The van der Waals surface area contributed by atoms with E-state index in [0.717, 1.165) is 24.4 Å². The quantitative estimate of drug-likeness (QED) is 0.789. The Balaban J connectivity index is 1.74. The lowest BCUT2D eigenvalue weighted by Gasteiger charge is -2.27. The van der Waals surface area contributed by atoms with E-state index >= 15 is 0 Å². The molecule has 0 spiro atoms. The molecule has 0 aromatic rings. The van der Waals surface area contributed by atoms with Crippen LogP contribution in [0.25, 0.3) is 0 Å². The lowest BCUT2D eigenvalue weighted by Crippen LogP contribution is -2.43. The van der Waals surface area contributed by atoms with Crippen molar-refractivity contribution in [3.63, 3.8) is 0 Å². The molecule has 21 heavy (non-hydrogen) atoms. The van der Waals surface area contributed by atoms with Crippen LogP contribution >= 0.6 is 0 Å². The summed E-state index contributed by atoms with van der Waals surface area (Å²) >= 11 is 0. The second-order valence-corrected chi connectivity index (χ2v) is 6.69. The summed E-state index contributed by atoms with van der Waals surface area (Å²) < 4.78 is 0. The maximum Gasteiger partial charge on any atom is 0.317 e. The van der Waals surface area contributed by atoms with Crippen molar-refractivity contribution in [1.29, 1.82) is 0 Å². The molecule has 1 unspecified atom stereocenters. The first-order chi connectivity index (χ1) is 9.79. The third-order valence-corrected chi connectivity index (χ3v) is 4.21. The van der Waals surface area contributed by atoms with E-state index in [9.17, 15) is 14.4 Å². The molecule has 0 saturated carbocycles. The van der Waals surface area contributed by atoms with Crippen LogP contribution in [-0.2, 0) is 9.59 Å². The largest absolute Gasteiger partial charge is 0.336 e. The van der Waals surface area contributed by atoms with Gasteiger partial charge in [0.2, 0.25) is 0 Å². The van der Waals surface area contributed by atoms with Crippen molar-refractivity contribution in [2.75, 3.05) is 26.2 Å². The van der Waals surface area contributed by atoms with Gasteiger partial charge in [0.1, 0.15) is 0 Å². The average molecular weight is 293 g/mol. The number of carbonyl (C=O) groups excluding carboxylic acids is 3. The summed E-state index contributed by atoms with van der Waals surface area (Å²) in [5.74, 6) is -0.124. The molecular formula is C15H23N3O3. The summed E-state index contributed by atoms with van der Waals surface area (Å²) in [6, 6.07) is -0.117. The summed E-state index contributed by atoms with van der Waals surface area (Å²) in [6.07, 6.45) is 3.51. The molecule has 1 N–H and O–H groups in total. The molecule has 2 aliphatic heterocycles. The molecule has 0 aromatic heterocycles. The summed E-state index contributed by atoms with van der Waals surface area (Å²) in [5.41, 5.74) is 0.203. The Morgan fingerprint density at radius 3 is 2.43 bits per heavy atom. The van der Waals surface area contributed by atoms with Gasteiger partial charge >= 0.3 is 6.03 Å². The monoisotopic (exact) mass is 293 g/mol. The van der Waals surface area contributed by atoms with Crippen LogP contribution in [0.15, 0.2) is 12.2 Å². The molecule has 2 rings (SSSR count). The zero-order valence-electron chi connectivity index (χ0n) is 12.9. The normalized spacial score (nSPS) is 22.3. The third kappa shape index (κ3) is 3.62. The number of imide groups is 1. The Kier molecular flexibility index (Phi) is 4.34. The number of nitrogens with one attached hydrogen (secondary N) is 1. The van der Waals surface area contributed by atoms with Gasteiger partial charge in [-0.2, -0.15) is 0 Å². The van der Waals surface area contributed by atoms with Gasteiger partial charge in [-0.05, 0) is 17.8 Å². The molecule has 2 aliphatic rings. The fourth-order valence-corrected chi connectivity index (χ4v) is 2.69. The van der Waals surface area contributed by atoms with Gasteiger partial charge < -0.3 is 10.2 Å². The first-order valence-corrected chi connectivity index (χ1v) is 7.35. The number of amides is 4. The predicted octanol–water partition coefficient (Wildman–Crippen LogP) is 0.989. The van der Waals surface area contributed by atoms with Crippen LogP contribution in [-0.4, -0.2) is 53.8 Å². The van der Waals surface area contributed by atoms with Gasteiger partial charge in [-0.15, -0.1) is 0 Å². The first-order valence-electron chi connectivity index (χ1n) is 7.35. The average Bonchev–Trinajstić information content (AvgIpc) is 2.99. The van der Waals surface area contributed by atoms with E-state index in [0.29, 0.717) is 5.92 Å². The maximum atomic E-state index is 12.1. The van der Waals surface area contributed by atoms with Crippen molar-refractivity contribution < 1.29 is 14.4 Å². The summed E-state index contributed by atoms with van der Waals surface area (Å²) in [6.45, 7) is 8.60. The van der Waals surface area contributed by atoms with E-state index in [1.54, 1.807) is 0 Å². The highest BCUT2D eigenvalue weighted by Gasteiger charge is 2.33. The third-order valence-electron chi connectivity index (χ3n) is 4.21.